The lowest BCUT2D eigenvalue weighted by atomic mass is 10.0. The monoisotopic (exact) mass is 331 g/mol. The van der Waals surface area contributed by atoms with Crippen LogP contribution in [-0.2, 0) is 19.9 Å². The van der Waals surface area contributed by atoms with Crippen molar-refractivity contribution in [1.82, 2.24) is 14.6 Å². The van der Waals surface area contributed by atoms with E-state index < -0.39 is 19.9 Å². The second-order valence-corrected chi connectivity index (χ2v) is 9.51. The Morgan fingerprint density at radius 2 is 1.76 bits per heavy atom. The highest BCUT2D eigenvalue weighted by Gasteiger charge is 2.41. The summed E-state index contributed by atoms with van der Waals surface area (Å²) >= 11 is 0. The van der Waals surface area contributed by atoms with Gasteiger partial charge in [-0.2, -0.15) is 4.31 Å². The molecule has 0 amide bonds. The van der Waals surface area contributed by atoms with Crippen LogP contribution in [0, 0.1) is 11.8 Å². The first-order valence-electron chi connectivity index (χ1n) is 6.65. The number of pyridine rings is 1. The maximum atomic E-state index is 12.5. The largest absolute Gasteiger partial charge is 0.316 e. The Kier molecular flexibility index (Phi) is 3.55. The van der Waals surface area contributed by atoms with Crippen molar-refractivity contribution in [3.05, 3.63) is 18.3 Å². The van der Waals surface area contributed by atoms with Crippen LogP contribution in [0.25, 0.3) is 0 Å². The highest BCUT2D eigenvalue weighted by Crippen LogP contribution is 2.30. The van der Waals surface area contributed by atoms with Crippen molar-refractivity contribution in [1.29, 1.82) is 0 Å². The van der Waals surface area contributed by atoms with Crippen LogP contribution in [-0.4, -0.2) is 58.6 Å². The van der Waals surface area contributed by atoms with Gasteiger partial charge in [-0.25, -0.2) is 21.8 Å². The van der Waals surface area contributed by atoms with Crippen LogP contribution in [0.5, 0.6) is 0 Å². The van der Waals surface area contributed by atoms with Crippen molar-refractivity contribution in [2.45, 2.75) is 9.92 Å². The van der Waals surface area contributed by atoms with E-state index in [4.69, 9.17) is 0 Å². The molecule has 0 saturated carbocycles. The number of rotatable bonds is 3. The van der Waals surface area contributed by atoms with Crippen molar-refractivity contribution in [3.63, 3.8) is 0 Å². The fourth-order valence-electron chi connectivity index (χ4n) is 2.90. The summed E-state index contributed by atoms with van der Waals surface area (Å²) in [5, 5.41) is 3.14. The first-order chi connectivity index (χ1) is 9.78. The molecular formula is C12H17N3O4S2. The number of nitrogens with zero attached hydrogens (tertiary/aromatic N) is 2. The predicted octanol–water partition coefficient (Wildman–Crippen LogP) is -0.675. The van der Waals surface area contributed by atoms with Gasteiger partial charge in [-0.05, 0) is 37.1 Å². The number of sulfone groups is 1. The van der Waals surface area contributed by atoms with Crippen molar-refractivity contribution in [2.75, 3.05) is 32.4 Å². The van der Waals surface area contributed by atoms with E-state index in [2.05, 4.69) is 10.3 Å². The fraction of sp³-hybridized carbons (Fsp3) is 0.583. The van der Waals surface area contributed by atoms with Crippen LogP contribution in [0.3, 0.4) is 0 Å². The maximum Gasteiger partial charge on any atom is 0.244 e. The van der Waals surface area contributed by atoms with Crippen molar-refractivity contribution in [2.24, 2.45) is 11.8 Å². The van der Waals surface area contributed by atoms with Crippen LogP contribution < -0.4 is 5.32 Å². The normalized spacial score (nSPS) is 26.9. The van der Waals surface area contributed by atoms with Gasteiger partial charge in [0, 0.05) is 25.5 Å². The molecule has 1 aromatic rings. The average molecular weight is 331 g/mol. The maximum absolute atomic E-state index is 12.5. The van der Waals surface area contributed by atoms with Gasteiger partial charge in [0.25, 0.3) is 0 Å². The molecule has 2 aliphatic rings. The zero-order valence-corrected chi connectivity index (χ0v) is 13.2. The molecule has 7 nitrogen and oxygen atoms in total. The molecule has 2 saturated heterocycles. The van der Waals surface area contributed by atoms with Crippen LogP contribution in [0.2, 0.25) is 0 Å². The molecule has 2 atom stereocenters. The summed E-state index contributed by atoms with van der Waals surface area (Å²) in [6, 6.07) is 2.55. The molecule has 0 spiro atoms. The van der Waals surface area contributed by atoms with Crippen molar-refractivity contribution >= 4 is 19.9 Å². The smallest absolute Gasteiger partial charge is 0.244 e. The number of nitrogens with one attached hydrogen (secondary N) is 1. The van der Waals surface area contributed by atoms with Crippen LogP contribution in [0.4, 0.5) is 0 Å². The number of aromatic nitrogens is 1. The van der Waals surface area contributed by atoms with Gasteiger partial charge in [0.2, 0.25) is 10.0 Å². The Hall–Kier alpha value is -1.03. The molecule has 0 unspecified atom stereocenters. The van der Waals surface area contributed by atoms with Crippen LogP contribution >= 0.6 is 0 Å². The summed E-state index contributed by atoms with van der Waals surface area (Å²) in [6.07, 6.45) is 2.16. The van der Waals surface area contributed by atoms with Crippen LogP contribution in [0.15, 0.2) is 28.3 Å². The molecule has 9 heteroatoms. The molecule has 0 radical (unpaired) electrons. The summed E-state index contributed by atoms with van der Waals surface area (Å²) in [4.78, 5) is 3.80. The van der Waals surface area contributed by atoms with E-state index in [1.54, 1.807) is 0 Å². The first kappa shape index (κ1) is 14.9. The van der Waals surface area contributed by atoms with E-state index in [0.29, 0.717) is 24.9 Å². The molecule has 3 rings (SSSR count). The number of sulfonamides is 1. The van der Waals surface area contributed by atoms with E-state index in [-0.39, 0.29) is 9.92 Å². The number of hydrogen-bond acceptors (Lipinski definition) is 6. The topological polar surface area (TPSA) is 96.4 Å². The predicted molar refractivity (Wildman–Crippen MR) is 76.0 cm³/mol. The SMILES string of the molecule is CS(=O)(=O)c1ccc(S(=O)(=O)N2C[C@H]3CNC[C@H]3C2)cn1. The minimum absolute atomic E-state index is 0.0443. The number of hydrogen-bond donors (Lipinski definition) is 1. The molecule has 0 bridgehead atoms. The lowest BCUT2D eigenvalue weighted by Gasteiger charge is -2.17. The molecule has 2 fully saturated rings. The third kappa shape index (κ3) is 2.70. The van der Waals surface area contributed by atoms with Gasteiger partial charge in [0.1, 0.15) is 4.90 Å². The third-order valence-corrected chi connectivity index (χ3v) is 6.90. The molecule has 1 aromatic heterocycles. The summed E-state index contributed by atoms with van der Waals surface area (Å²) < 4.78 is 49.3. The summed E-state index contributed by atoms with van der Waals surface area (Å²) in [7, 11) is -7.02. The Morgan fingerprint density at radius 3 is 2.24 bits per heavy atom. The Morgan fingerprint density at radius 1 is 1.14 bits per heavy atom. The minimum Gasteiger partial charge on any atom is -0.316 e. The molecule has 116 valence electrons. The molecule has 2 aliphatic heterocycles. The quantitative estimate of drug-likeness (QED) is 0.789. The van der Waals surface area contributed by atoms with E-state index in [9.17, 15) is 16.8 Å². The van der Waals surface area contributed by atoms with Crippen LogP contribution in [0.1, 0.15) is 0 Å². The van der Waals surface area contributed by atoms with Gasteiger partial charge >= 0.3 is 0 Å². The summed E-state index contributed by atoms with van der Waals surface area (Å²) in [5.74, 6) is 0.728. The molecule has 1 N–H and O–H groups in total. The van der Waals surface area contributed by atoms with Crippen molar-refractivity contribution < 1.29 is 16.8 Å². The summed E-state index contributed by atoms with van der Waals surface area (Å²) in [5.41, 5.74) is 0. The highest BCUT2D eigenvalue weighted by atomic mass is 32.2. The number of fused-ring (bicyclic) bond motifs is 1. The van der Waals surface area contributed by atoms with E-state index in [1.807, 2.05) is 0 Å². The van der Waals surface area contributed by atoms with E-state index in [0.717, 1.165) is 25.5 Å². The van der Waals surface area contributed by atoms with Gasteiger partial charge in [-0.3, -0.25) is 0 Å². The standard InChI is InChI=1S/C12H17N3O4S2/c1-20(16,17)12-3-2-11(6-14-12)21(18,19)15-7-9-4-13-5-10(9)8-15/h2-3,6,9-10,13H,4-5,7-8H2,1H3/t9-,10+. The second-order valence-electron chi connectivity index (χ2n) is 5.60. The first-order valence-corrected chi connectivity index (χ1v) is 9.98. The third-order valence-electron chi connectivity index (χ3n) is 4.08. The van der Waals surface area contributed by atoms with Crippen molar-refractivity contribution in [3.8, 4) is 0 Å². The van der Waals surface area contributed by atoms with E-state index in [1.165, 1.54) is 16.4 Å². The Balaban J connectivity index is 1.85. The molecule has 3 heterocycles. The highest BCUT2D eigenvalue weighted by molar-refractivity contribution is 7.90. The molecule has 0 aromatic carbocycles. The van der Waals surface area contributed by atoms with Gasteiger partial charge in [0.05, 0.1) is 0 Å². The molecule has 0 aliphatic carbocycles. The summed E-state index contributed by atoms with van der Waals surface area (Å²) in [6.45, 7) is 2.71. The average Bonchev–Trinajstić information content (AvgIpc) is 2.98. The fourth-order valence-corrected chi connectivity index (χ4v) is 4.96. The Labute approximate surface area is 124 Å². The zero-order chi connectivity index (χ0) is 15.3. The minimum atomic E-state index is -3.59. The van der Waals surface area contributed by atoms with E-state index >= 15 is 0 Å². The Bertz CT molecular complexity index is 731. The molecular weight excluding hydrogens is 314 g/mol. The lowest BCUT2D eigenvalue weighted by Crippen LogP contribution is -2.32. The van der Waals surface area contributed by atoms with Gasteiger partial charge in [-0.1, -0.05) is 0 Å². The van der Waals surface area contributed by atoms with Gasteiger partial charge in [0.15, 0.2) is 14.9 Å². The zero-order valence-electron chi connectivity index (χ0n) is 11.6. The molecule has 21 heavy (non-hydrogen) atoms. The lowest BCUT2D eigenvalue weighted by molar-refractivity contribution is 0.447. The second kappa shape index (κ2) is 5.01. The van der Waals surface area contributed by atoms with Gasteiger partial charge < -0.3 is 5.32 Å². The van der Waals surface area contributed by atoms with Gasteiger partial charge in [-0.15, -0.1) is 0 Å².